The van der Waals surface area contributed by atoms with Crippen molar-refractivity contribution >= 4 is 28.4 Å². The quantitative estimate of drug-likeness (QED) is 0.415. The van der Waals surface area contributed by atoms with Crippen LogP contribution in [0.2, 0.25) is 0 Å². The maximum Gasteiger partial charge on any atom is 0.278 e. The number of nitrogens with zero attached hydrogens (tertiary/aromatic N) is 6. The molecule has 2 aliphatic heterocycles. The molecule has 1 fully saturated rings. The second-order valence-corrected chi connectivity index (χ2v) is 9.54. The van der Waals surface area contributed by atoms with Crippen LogP contribution < -0.4 is 25.2 Å². The zero-order valence-corrected chi connectivity index (χ0v) is 21.6. The second kappa shape index (κ2) is 10.2. The van der Waals surface area contributed by atoms with Crippen LogP contribution in [0.15, 0.2) is 65.6 Å². The molecule has 4 heterocycles. The van der Waals surface area contributed by atoms with Gasteiger partial charge in [-0.1, -0.05) is 18.2 Å². The summed E-state index contributed by atoms with van der Waals surface area (Å²) in [5.74, 6) is 1.93. The van der Waals surface area contributed by atoms with Crippen LogP contribution in [0, 0.1) is 0 Å². The Labute approximate surface area is 220 Å². The lowest BCUT2D eigenvalue weighted by atomic mass is 10.2. The molecule has 10 heteroatoms. The van der Waals surface area contributed by atoms with E-state index in [2.05, 4.69) is 33.2 Å². The van der Waals surface area contributed by atoms with Gasteiger partial charge in [-0.2, -0.15) is 4.98 Å². The third-order valence-corrected chi connectivity index (χ3v) is 7.02. The lowest BCUT2D eigenvalue weighted by Crippen LogP contribution is -2.44. The van der Waals surface area contributed by atoms with E-state index in [4.69, 9.17) is 14.5 Å². The van der Waals surface area contributed by atoms with E-state index in [-0.39, 0.29) is 5.56 Å². The highest BCUT2D eigenvalue weighted by Crippen LogP contribution is 2.33. The van der Waals surface area contributed by atoms with Crippen LogP contribution in [0.5, 0.6) is 11.5 Å². The standard InChI is InChI=1S/C28H31N7O3/c1-32-12-14-33(15-13-32)24-10-9-20(17-25(24)37-2)30-28-29-19-23-26(31-28)35-21-7-6-8-22(18-21)38-16-5-3-4-11-34(35)27(23)36/h3-4,6-10,17-19H,5,11-16H2,1-2H3,(H,29,30,31). The van der Waals surface area contributed by atoms with E-state index < -0.39 is 0 Å². The average molecular weight is 514 g/mol. The van der Waals surface area contributed by atoms with Crippen LogP contribution in [-0.4, -0.2) is 71.2 Å². The summed E-state index contributed by atoms with van der Waals surface area (Å²) >= 11 is 0. The molecule has 196 valence electrons. The summed E-state index contributed by atoms with van der Waals surface area (Å²) in [5, 5.41) is 3.75. The molecule has 0 aliphatic carbocycles. The number of allylic oxidation sites excluding steroid dienone is 1. The lowest BCUT2D eigenvalue weighted by Gasteiger charge is -2.34. The first-order valence-corrected chi connectivity index (χ1v) is 12.9. The van der Waals surface area contributed by atoms with E-state index in [0.29, 0.717) is 30.1 Å². The van der Waals surface area contributed by atoms with Gasteiger partial charge in [-0.05, 0) is 37.7 Å². The molecule has 6 rings (SSSR count). The molecule has 2 aliphatic rings. The summed E-state index contributed by atoms with van der Waals surface area (Å²) in [6.07, 6.45) is 6.37. The van der Waals surface area contributed by atoms with Crippen LogP contribution in [-0.2, 0) is 6.54 Å². The minimum Gasteiger partial charge on any atom is -0.495 e. The first kappa shape index (κ1) is 24.1. The number of rotatable bonds is 4. The summed E-state index contributed by atoms with van der Waals surface area (Å²) in [5.41, 5.74) is 3.06. The minimum atomic E-state index is -0.139. The Bertz CT molecular complexity index is 1550. The molecule has 10 nitrogen and oxygen atoms in total. The summed E-state index contributed by atoms with van der Waals surface area (Å²) in [6.45, 7) is 4.95. The molecule has 0 radical (unpaired) electrons. The third kappa shape index (κ3) is 4.58. The number of hydrogen-bond donors (Lipinski definition) is 1. The van der Waals surface area contributed by atoms with E-state index >= 15 is 0 Å². The van der Waals surface area contributed by atoms with Crippen LogP contribution in [0.1, 0.15) is 6.42 Å². The van der Waals surface area contributed by atoms with E-state index in [9.17, 15) is 4.79 Å². The van der Waals surface area contributed by atoms with Crippen LogP contribution in [0.3, 0.4) is 0 Å². The molecule has 1 N–H and O–H groups in total. The molecule has 1 saturated heterocycles. The van der Waals surface area contributed by atoms with Gasteiger partial charge >= 0.3 is 0 Å². The molecule has 0 spiro atoms. The summed E-state index contributed by atoms with van der Waals surface area (Å²) in [6, 6.07) is 13.7. The number of nitrogens with one attached hydrogen (secondary N) is 1. The number of benzene rings is 2. The van der Waals surface area contributed by atoms with Gasteiger partial charge in [0.15, 0.2) is 5.65 Å². The van der Waals surface area contributed by atoms with Crippen molar-refractivity contribution in [1.82, 2.24) is 24.2 Å². The SMILES string of the molecule is COc1cc(Nc2ncc3c(=O)n4n(c3n2)-c2cccc(c2)OCCC=CC4)ccc1N1CCN(C)CC1. The largest absolute Gasteiger partial charge is 0.495 e. The molecule has 0 atom stereocenters. The van der Waals surface area contributed by atoms with Crippen molar-refractivity contribution < 1.29 is 9.47 Å². The monoisotopic (exact) mass is 513 g/mol. The molecule has 0 saturated carbocycles. The van der Waals surface area contributed by atoms with Gasteiger partial charge in [0.1, 0.15) is 16.9 Å². The van der Waals surface area contributed by atoms with E-state index in [1.165, 1.54) is 0 Å². The van der Waals surface area contributed by atoms with Gasteiger partial charge in [-0.15, -0.1) is 0 Å². The Kier molecular flexibility index (Phi) is 6.47. The summed E-state index contributed by atoms with van der Waals surface area (Å²) in [7, 11) is 3.83. The van der Waals surface area contributed by atoms with Crippen LogP contribution in [0.4, 0.5) is 17.3 Å². The van der Waals surface area contributed by atoms with E-state index in [1.807, 2.05) is 53.2 Å². The zero-order chi connectivity index (χ0) is 26.1. The van der Waals surface area contributed by atoms with Gasteiger partial charge in [-0.3, -0.25) is 4.79 Å². The van der Waals surface area contributed by atoms with Gasteiger partial charge in [0.05, 0.1) is 31.6 Å². The average Bonchev–Trinajstić information content (AvgIpc) is 3.20. The van der Waals surface area contributed by atoms with Crippen molar-refractivity contribution in [3.8, 4) is 17.2 Å². The molecular weight excluding hydrogens is 482 g/mol. The Morgan fingerprint density at radius 2 is 1.92 bits per heavy atom. The molecule has 38 heavy (non-hydrogen) atoms. The predicted molar refractivity (Wildman–Crippen MR) is 148 cm³/mol. The Balaban J connectivity index is 1.37. The molecule has 2 aromatic heterocycles. The van der Waals surface area contributed by atoms with Gasteiger partial charge in [0, 0.05) is 50.2 Å². The van der Waals surface area contributed by atoms with Gasteiger partial charge in [0.2, 0.25) is 5.95 Å². The second-order valence-electron chi connectivity index (χ2n) is 9.54. The fourth-order valence-electron chi connectivity index (χ4n) is 4.95. The normalized spacial score (nSPS) is 16.0. The lowest BCUT2D eigenvalue weighted by molar-refractivity contribution is 0.311. The number of fused-ring (bicyclic) bond motifs is 6. The first-order chi connectivity index (χ1) is 18.6. The highest BCUT2D eigenvalue weighted by atomic mass is 16.5. The van der Waals surface area contributed by atoms with Crippen LogP contribution >= 0.6 is 0 Å². The maximum absolute atomic E-state index is 13.3. The highest BCUT2D eigenvalue weighted by molar-refractivity contribution is 5.78. The van der Waals surface area contributed by atoms with Gasteiger partial charge in [0.25, 0.3) is 5.56 Å². The van der Waals surface area contributed by atoms with E-state index in [1.54, 1.807) is 18.0 Å². The van der Waals surface area contributed by atoms with Crippen molar-refractivity contribution in [2.75, 3.05) is 57.2 Å². The first-order valence-electron chi connectivity index (χ1n) is 12.9. The number of piperazine rings is 1. The number of likely N-dealkylation sites (N-methyl/N-ethyl adjacent to an activating group) is 1. The fourth-order valence-corrected chi connectivity index (χ4v) is 4.95. The maximum atomic E-state index is 13.3. The van der Waals surface area contributed by atoms with Gasteiger partial charge < -0.3 is 24.6 Å². The number of ether oxygens (including phenoxy) is 2. The number of methoxy groups -OCH3 is 1. The Morgan fingerprint density at radius 1 is 1.05 bits per heavy atom. The topological polar surface area (TPSA) is 89.7 Å². The number of hydrogen-bond acceptors (Lipinski definition) is 8. The smallest absolute Gasteiger partial charge is 0.278 e. The highest BCUT2D eigenvalue weighted by Gasteiger charge is 2.20. The fraction of sp³-hybridized carbons (Fsp3) is 0.321. The summed E-state index contributed by atoms with van der Waals surface area (Å²) < 4.78 is 15.1. The van der Waals surface area contributed by atoms with Crippen molar-refractivity contribution in [2.45, 2.75) is 13.0 Å². The Hall–Kier alpha value is -4.31. The Morgan fingerprint density at radius 3 is 2.76 bits per heavy atom. The molecule has 2 aromatic carbocycles. The van der Waals surface area contributed by atoms with Gasteiger partial charge in [-0.25, -0.2) is 14.3 Å². The minimum absolute atomic E-state index is 0.139. The molecule has 2 bridgehead atoms. The number of anilines is 3. The van der Waals surface area contributed by atoms with Crippen molar-refractivity contribution in [2.24, 2.45) is 0 Å². The molecular formula is C28H31N7O3. The predicted octanol–water partition coefficient (Wildman–Crippen LogP) is 3.42. The molecule has 0 unspecified atom stereocenters. The van der Waals surface area contributed by atoms with E-state index in [0.717, 1.165) is 61.2 Å². The molecule has 4 aromatic rings. The zero-order valence-electron chi connectivity index (χ0n) is 21.6. The van der Waals surface area contributed by atoms with Crippen molar-refractivity contribution in [3.05, 3.63) is 71.2 Å². The van der Waals surface area contributed by atoms with Crippen LogP contribution in [0.25, 0.3) is 16.7 Å². The summed E-state index contributed by atoms with van der Waals surface area (Å²) in [4.78, 5) is 27.2. The third-order valence-electron chi connectivity index (χ3n) is 7.02. The molecule has 0 amide bonds. The van der Waals surface area contributed by atoms with Crippen molar-refractivity contribution in [3.63, 3.8) is 0 Å². The number of aromatic nitrogens is 4. The van der Waals surface area contributed by atoms with Crippen molar-refractivity contribution in [1.29, 1.82) is 0 Å².